The molecule has 2 aromatic carbocycles. The van der Waals surface area contributed by atoms with Crippen LogP contribution in [0.5, 0.6) is 5.75 Å². The van der Waals surface area contributed by atoms with Crippen LogP contribution in [0.3, 0.4) is 0 Å². The number of rotatable bonds is 6. The van der Waals surface area contributed by atoms with Crippen molar-refractivity contribution in [1.82, 2.24) is 15.1 Å². The first kappa shape index (κ1) is 18.6. The highest BCUT2D eigenvalue weighted by molar-refractivity contribution is 5.96. The van der Waals surface area contributed by atoms with E-state index in [1.54, 1.807) is 23.7 Å². The average molecular weight is 371 g/mol. The quantitative estimate of drug-likeness (QED) is 0.712. The van der Waals surface area contributed by atoms with Gasteiger partial charge in [-0.3, -0.25) is 4.79 Å². The van der Waals surface area contributed by atoms with Gasteiger partial charge in [-0.25, -0.2) is 4.68 Å². The Kier molecular flexibility index (Phi) is 5.49. The highest BCUT2D eigenvalue weighted by Crippen LogP contribution is 2.19. The van der Waals surface area contributed by atoms with Crippen LogP contribution in [-0.4, -0.2) is 22.3 Å². The van der Waals surface area contributed by atoms with E-state index >= 15 is 0 Å². The fraction of sp³-hybridized carbons (Fsp3) is 0.200. The van der Waals surface area contributed by atoms with Crippen molar-refractivity contribution in [3.63, 3.8) is 0 Å². The first-order valence-corrected chi connectivity index (χ1v) is 8.39. The van der Waals surface area contributed by atoms with Gasteiger partial charge in [0.2, 0.25) is 0 Å². The first-order chi connectivity index (χ1) is 13.0. The van der Waals surface area contributed by atoms with E-state index in [1.165, 1.54) is 12.1 Å². The SMILES string of the molecule is Cc1nn(-c2ccccc2)c(C)c1C(=O)NCc1cccc(OC(F)F)c1. The third kappa shape index (κ3) is 4.31. The van der Waals surface area contributed by atoms with Gasteiger partial charge in [0.15, 0.2) is 0 Å². The molecule has 1 N–H and O–H groups in total. The molecule has 1 amide bonds. The number of nitrogens with one attached hydrogen (secondary N) is 1. The van der Waals surface area contributed by atoms with Gasteiger partial charge >= 0.3 is 6.61 Å². The Morgan fingerprint density at radius 3 is 2.59 bits per heavy atom. The van der Waals surface area contributed by atoms with Gasteiger partial charge in [-0.15, -0.1) is 0 Å². The zero-order chi connectivity index (χ0) is 19.4. The summed E-state index contributed by atoms with van der Waals surface area (Å²) in [4.78, 5) is 12.7. The number of amides is 1. The van der Waals surface area contributed by atoms with Crippen molar-refractivity contribution in [2.45, 2.75) is 27.0 Å². The molecule has 3 aromatic rings. The van der Waals surface area contributed by atoms with Gasteiger partial charge in [0.05, 0.1) is 22.6 Å². The minimum absolute atomic E-state index is 0.0565. The summed E-state index contributed by atoms with van der Waals surface area (Å²) in [5.41, 5.74) is 3.37. The maximum absolute atomic E-state index is 12.7. The van der Waals surface area contributed by atoms with E-state index in [4.69, 9.17) is 0 Å². The summed E-state index contributed by atoms with van der Waals surface area (Å²) >= 11 is 0. The van der Waals surface area contributed by atoms with Gasteiger partial charge in [0.25, 0.3) is 5.91 Å². The molecule has 0 fully saturated rings. The topological polar surface area (TPSA) is 56.2 Å². The maximum Gasteiger partial charge on any atom is 0.387 e. The molecule has 0 saturated carbocycles. The zero-order valence-electron chi connectivity index (χ0n) is 14.9. The Balaban J connectivity index is 1.75. The number of hydrogen-bond donors (Lipinski definition) is 1. The molecule has 0 aliphatic carbocycles. The normalized spacial score (nSPS) is 10.9. The van der Waals surface area contributed by atoms with Crippen molar-refractivity contribution < 1.29 is 18.3 Å². The number of aromatic nitrogens is 2. The van der Waals surface area contributed by atoms with Crippen molar-refractivity contribution in [1.29, 1.82) is 0 Å². The Hall–Kier alpha value is -3.22. The van der Waals surface area contributed by atoms with E-state index in [0.29, 0.717) is 16.8 Å². The molecule has 0 bridgehead atoms. The molecular formula is C20H19F2N3O2. The van der Waals surface area contributed by atoms with Crippen molar-refractivity contribution in [3.8, 4) is 11.4 Å². The van der Waals surface area contributed by atoms with Gasteiger partial charge in [0, 0.05) is 6.54 Å². The summed E-state index contributed by atoms with van der Waals surface area (Å²) in [6.45, 7) is 0.913. The second-order valence-electron chi connectivity index (χ2n) is 6.00. The van der Waals surface area contributed by atoms with Crippen LogP contribution < -0.4 is 10.1 Å². The van der Waals surface area contributed by atoms with Crippen molar-refractivity contribution >= 4 is 5.91 Å². The third-order valence-corrected chi connectivity index (χ3v) is 4.10. The molecule has 0 atom stereocenters. The average Bonchev–Trinajstić information content (AvgIpc) is 2.94. The Labute approximate surface area is 155 Å². The van der Waals surface area contributed by atoms with Gasteiger partial charge in [-0.05, 0) is 43.7 Å². The largest absolute Gasteiger partial charge is 0.435 e. The number of benzene rings is 2. The number of carbonyl (C=O) groups excluding carboxylic acids is 1. The summed E-state index contributed by atoms with van der Waals surface area (Å²) in [6.07, 6.45) is 0. The standard InChI is InChI=1S/C20H19F2N3O2/c1-13-18(14(2)25(24-13)16-8-4-3-5-9-16)19(26)23-12-15-7-6-10-17(11-15)27-20(21)22/h3-11,20H,12H2,1-2H3,(H,23,26). The molecule has 3 rings (SSSR count). The van der Waals surface area contributed by atoms with Gasteiger partial charge in [0.1, 0.15) is 5.75 Å². The fourth-order valence-electron chi connectivity index (χ4n) is 2.89. The summed E-state index contributed by atoms with van der Waals surface area (Å²) in [6, 6.07) is 15.8. The molecule has 0 saturated heterocycles. The summed E-state index contributed by atoms with van der Waals surface area (Å²) < 4.78 is 30.7. The minimum atomic E-state index is -2.89. The van der Waals surface area contributed by atoms with E-state index in [2.05, 4.69) is 15.2 Å². The summed E-state index contributed by atoms with van der Waals surface area (Å²) in [7, 11) is 0. The predicted molar refractivity (Wildman–Crippen MR) is 97.3 cm³/mol. The van der Waals surface area contributed by atoms with Crippen LogP contribution in [0.25, 0.3) is 5.69 Å². The lowest BCUT2D eigenvalue weighted by Crippen LogP contribution is -2.24. The van der Waals surface area contributed by atoms with Crippen LogP contribution >= 0.6 is 0 Å². The second-order valence-corrected chi connectivity index (χ2v) is 6.00. The van der Waals surface area contributed by atoms with Gasteiger partial charge < -0.3 is 10.1 Å². The number of ether oxygens (including phenoxy) is 1. The van der Waals surface area contributed by atoms with Crippen molar-refractivity contribution in [3.05, 3.63) is 77.1 Å². The molecule has 1 heterocycles. The molecule has 0 spiro atoms. The highest BCUT2D eigenvalue weighted by Gasteiger charge is 2.19. The van der Waals surface area contributed by atoms with Crippen molar-refractivity contribution in [2.24, 2.45) is 0 Å². The molecule has 27 heavy (non-hydrogen) atoms. The summed E-state index contributed by atoms with van der Waals surface area (Å²) in [5.74, 6) is -0.214. The van der Waals surface area contributed by atoms with E-state index < -0.39 is 6.61 Å². The monoisotopic (exact) mass is 371 g/mol. The minimum Gasteiger partial charge on any atom is -0.435 e. The Morgan fingerprint density at radius 2 is 1.89 bits per heavy atom. The van der Waals surface area contributed by atoms with Crippen molar-refractivity contribution in [2.75, 3.05) is 0 Å². The van der Waals surface area contributed by atoms with E-state index in [0.717, 1.165) is 11.4 Å². The predicted octanol–water partition coefficient (Wildman–Crippen LogP) is 4.02. The van der Waals surface area contributed by atoms with Crippen LogP contribution in [0, 0.1) is 13.8 Å². The van der Waals surface area contributed by atoms with Gasteiger partial charge in [-0.2, -0.15) is 13.9 Å². The maximum atomic E-state index is 12.7. The van der Waals surface area contributed by atoms with Crippen LogP contribution in [0.15, 0.2) is 54.6 Å². The molecule has 1 aromatic heterocycles. The number of aryl methyl sites for hydroxylation is 1. The number of hydrogen-bond acceptors (Lipinski definition) is 3. The van der Waals surface area contributed by atoms with E-state index in [9.17, 15) is 13.6 Å². The first-order valence-electron chi connectivity index (χ1n) is 8.39. The third-order valence-electron chi connectivity index (χ3n) is 4.10. The zero-order valence-corrected chi connectivity index (χ0v) is 14.9. The molecule has 5 nitrogen and oxygen atoms in total. The fourth-order valence-corrected chi connectivity index (χ4v) is 2.89. The Morgan fingerprint density at radius 1 is 1.15 bits per heavy atom. The molecule has 0 aliphatic rings. The number of para-hydroxylation sites is 1. The number of nitrogens with zero attached hydrogens (tertiary/aromatic N) is 2. The smallest absolute Gasteiger partial charge is 0.387 e. The lowest BCUT2D eigenvalue weighted by molar-refractivity contribution is -0.0498. The lowest BCUT2D eigenvalue weighted by Gasteiger charge is -2.09. The number of carbonyl (C=O) groups is 1. The molecular weight excluding hydrogens is 352 g/mol. The molecule has 0 aliphatic heterocycles. The number of halogens is 2. The van der Waals surface area contributed by atoms with Crippen LogP contribution in [0.4, 0.5) is 8.78 Å². The number of alkyl halides is 2. The molecule has 7 heteroatoms. The highest BCUT2D eigenvalue weighted by atomic mass is 19.3. The van der Waals surface area contributed by atoms with E-state index in [-0.39, 0.29) is 18.2 Å². The Bertz CT molecular complexity index is 940. The van der Waals surface area contributed by atoms with Crippen LogP contribution in [-0.2, 0) is 6.54 Å². The molecule has 140 valence electrons. The van der Waals surface area contributed by atoms with E-state index in [1.807, 2.05) is 37.3 Å². The lowest BCUT2D eigenvalue weighted by atomic mass is 10.1. The second kappa shape index (κ2) is 7.99. The van der Waals surface area contributed by atoms with Crippen LogP contribution in [0.1, 0.15) is 27.3 Å². The van der Waals surface area contributed by atoms with Crippen LogP contribution in [0.2, 0.25) is 0 Å². The van der Waals surface area contributed by atoms with Gasteiger partial charge in [-0.1, -0.05) is 30.3 Å². The molecule has 0 radical (unpaired) electrons. The molecule has 0 unspecified atom stereocenters. The summed E-state index contributed by atoms with van der Waals surface area (Å²) in [5, 5.41) is 7.26.